The minimum absolute atomic E-state index is 0.0521. The van der Waals surface area contributed by atoms with Crippen LogP contribution in [0.4, 0.5) is 5.69 Å². The highest BCUT2D eigenvalue weighted by molar-refractivity contribution is 7.98. The van der Waals surface area contributed by atoms with Gasteiger partial charge in [-0.1, -0.05) is 48.0 Å². The SMILES string of the molecule is Cc1ccc(NS(=O)(=O)c2cc(C(=O)NCCSCc3ccccc3)ccc2Cl)cc1C. The van der Waals surface area contributed by atoms with Gasteiger partial charge in [-0.15, -0.1) is 0 Å². The zero-order valence-electron chi connectivity index (χ0n) is 17.9. The maximum Gasteiger partial charge on any atom is 0.263 e. The number of sulfonamides is 1. The van der Waals surface area contributed by atoms with Gasteiger partial charge >= 0.3 is 0 Å². The van der Waals surface area contributed by atoms with E-state index >= 15 is 0 Å². The van der Waals surface area contributed by atoms with Gasteiger partial charge in [-0.3, -0.25) is 9.52 Å². The third-order valence-corrected chi connectivity index (χ3v) is 7.78. The normalized spacial score (nSPS) is 11.2. The predicted octanol–water partition coefficient (Wildman–Crippen LogP) is 5.42. The van der Waals surface area contributed by atoms with E-state index in [0.29, 0.717) is 12.2 Å². The molecule has 0 saturated carbocycles. The maximum atomic E-state index is 12.9. The quantitative estimate of drug-likeness (QED) is 0.394. The van der Waals surface area contributed by atoms with Gasteiger partial charge in [0.05, 0.1) is 5.02 Å². The Morgan fingerprint density at radius 1 is 0.969 bits per heavy atom. The van der Waals surface area contributed by atoms with Crippen molar-refractivity contribution in [2.24, 2.45) is 0 Å². The fraction of sp³-hybridized carbons (Fsp3) is 0.208. The summed E-state index contributed by atoms with van der Waals surface area (Å²) in [6.45, 7) is 4.33. The predicted molar refractivity (Wildman–Crippen MR) is 133 cm³/mol. The van der Waals surface area contributed by atoms with Crippen molar-refractivity contribution in [2.75, 3.05) is 17.0 Å². The summed E-state index contributed by atoms with van der Waals surface area (Å²) in [5.41, 5.74) is 3.94. The molecule has 0 unspecified atom stereocenters. The molecule has 0 atom stereocenters. The zero-order valence-corrected chi connectivity index (χ0v) is 20.3. The van der Waals surface area contributed by atoms with Crippen molar-refractivity contribution in [2.45, 2.75) is 24.5 Å². The van der Waals surface area contributed by atoms with Gasteiger partial charge in [0, 0.05) is 29.3 Å². The summed E-state index contributed by atoms with van der Waals surface area (Å²) in [6, 6.07) is 19.6. The first-order valence-corrected chi connectivity index (χ1v) is 13.1. The van der Waals surface area contributed by atoms with E-state index in [2.05, 4.69) is 22.2 Å². The van der Waals surface area contributed by atoms with Crippen LogP contribution in [-0.2, 0) is 15.8 Å². The van der Waals surface area contributed by atoms with Crippen LogP contribution >= 0.6 is 23.4 Å². The maximum absolute atomic E-state index is 12.9. The number of benzene rings is 3. The second-order valence-corrected chi connectivity index (χ2v) is 10.5. The molecule has 0 saturated heterocycles. The Balaban J connectivity index is 1.62. The van der Waals surface area contributed by atoms with Crippen molar-refractivity contribution in [3.05, 3.63) is 94.0 Å². The van der Waals surface area contributed by atoms with Gasteiger partial charge < -0.3 is 5.32 Å². The minimum atomic E-state index is -3.96. The Morgan fingerprint density at radius 2 is 1.72 bits per heavy atom. The van der Waals surface area contributed by atoms with Crippen molar-refractivity contribution in [3.63, 3.8) is 0 Å². The first-order chi connectivity index (χ1) is 15.3. The molecular weight excluding hydrogens is 464 g/mol. The van der Waals surface area contributed by atoms with Crippen molar-refractivity contribution in [1.82, 2.24) is 5.32 Å². The van der Waals surface area contributed by atoms with E-state index in [1.54, 1.807) is 23.9 Å². The first-order valence-electron chi connectivity index (χ1n) is 10.1. The molecular formula is C24H25ClN2O3S2. The topological polar surface area (TPSA) is 75.3 Å². The van der Waals surface area contributed by atoms with Crippen molar-refractivity contribution in [1.29, 1.82) is 0 Å². The van der Waals surface area contributed by atoms with Crippen LogP contribution in [0, 0.1) is 13.8 Å². The Kier molecular flexibility index (Phi) is 8.23. The summed E-state index contributed by atoms with van der Waals surface area (Å²) in [7, 11) is -3.96. The largest absolute Gasteiger partial charge is 0.351 e. The standard InChI is InChI=1S/C24H25ClN2O3S2/c1-17-8-10-21(14-18(17)2)27-32(29,30)23-15-20(9-11-22(23)25)24(28)26-12-13-31-16-19-6-4-3-5-7-19/h3-11,14-15,27H,12-13,16H2,1-2H3,(H,26,28). The summed E-state index contributed by atoms with van der Waals surface area (Å²) in [6.07, 6.45) is 0. The summed E-state index contributed by atoms with van der Waals surface area (Å²) >= 11 is 7.87. The molecule has 0 spiro atoms. The third-order valence-electron chi connectivity index (χ3n) is 4.89. The average Bonchev–Trinajstić information content (AvgIpc) is 2.76. The summed E-state index contributed by atoms with van der Waals surface area (Å²) < 4.78 is 28.3. The smallest absolute Gasteiger partial charge is 0.263 e. The molecule has 0 aromatic heterocycles. The molecule has 168 valence electrons. The molecule has 0 aliphatic carbocycles. The molecule has 0 heterocycles. The van der Waals surface area contributed by atoms with Crippen LogP contribution in [0.2, 0.25) is 5.02 Å². The molecule has 2 N–H and O–H groups in total. The van der Waals surface area contributed by atoms with Gasteiger partial charge in [-0.25, -0.2) is 8.42 Å². The van der Waals surface area contributed by atoms with Crippen molar-refractivity contribution >= 4 is 45.0 Å². The molecule has 0 fully saturated rings. The Bertz CT molecular complexity index is 1200. The zero-order chi connectivity index (χ0) is 23.1. The number of aryl methyl sites for hydroxylation is 2. The Labute approximate surface area is 198 Å². The minimum Gasteiger partial charge on any atom is -0.351 e. The van der Waals surface area contributed by atoms with Gasteiger partial charge in [0.15, 0.2) is 0 Å². The lowest BCUT2D eigenvalue weighted by Gasteiger charge is -2.12. The molecule has 3 rings (SSSR count). The lowest BCUT2D eigenvalue weighted by atomic mass is 10.1. The van der Waals surface area contributed by atoms with E-state index in [9.17, 15) is 13.2 Å². The number of carbonyl (C=O) groups is 1. The first kappa shape index (κ1) is 24.2. The number of halogens is 1. The van der Waals surface area contributed by atoms with Crippen LogP contribution < -0.4 is 10.0 Å². The van der Waals surface area contributed by atoms with Gasteiger partial charge in [0.25, 0.3) is 15.9 Å². The van der Waals surface area contributed by atoms with E-state index in [1.807, 2.05) is 38.1 Å². The van der Waals surface area contributed by atoms with E-state index in [1.165, 1.54) is 23.8 Å². The number of thioether (sulfide) groups is 1. The van der Waals surface area contributed by atoms with Gasteiger partial charge in [0.1, 0.15) is 4.90 Å². The molecule has 8 heteroatoms. The Hall–Kier alpha value is -2.48. The molecule has 3 aromatic carbocycles. The molecule has 5 nitrogen and oxygen atoms in total. The summed E-state index contributed by atoms with van der Waals surface area (Å²) in [5, 5.41) is 2.88. The monoisotopic (exact) mass is 488 g/mol. The Morgan fingerprint density at radius 3 is 2.44 bits per heavy atom. The van der Waals surface area contributed by atoms with Crippen LogP contribution in [0.1, 0.15) is 27.0 Å². The van der Waals surface area contributed by atoms with Gasteiger partial charge in [0.2, 0.25) is 0 Å². The molecule has 32 heavy (non-hydrogen) atoms. The number of hydrogen-bond acceptors (Lipinski definition) is 4. The number of nitrogens with one attached hydrogen (secondary N) is 2. The highest BCUT2D eigenvalue weighted by Gasteiger charge is 2.20. The van der Waals surface area contributed by atoms with E-state index < -0.39 is 10.0 Å². The third kappa shape index (κ3) is 6.51. The summed E-state index contributed by atoms with van der Waals surface area (Å²) in [4.78, 5) is 12.4. The number of amides is 1. The molecule has 0 radical (unpaired) electrons. The van der Waals surface area contributed by atoms with Crippen LogP contribution in [-0.4, -0.2) is 26.6 Å². The van der Waals surface area contributed by atoms with Crippen molar-refractivity contribution < 1.29 is 13.2 Å². The fourth-order valence-electron chi connectivity index (χ4n) is 2.97. The highest BCUT2D eigenvalue weighted by Crippen LogP contribution is 2.26. The van der Waals surface area contributed by atoms with E-state index in [0.717, 1.165) is 22.6 Å². The molecule has 0 aliphatic heterocycles. The lowest BCUT2D eigenvalue weighted by Crippen LogP contribution is -2.26. The second kappa shape index (κ2) is 10.9. The van der Waals surface area contributed by atoms with Gasteiger partial charge in [-0.05, 0) is 60.9 Å². The van der Waals surface area contributed by atoms with Crippen LogP contribution in [0.25, 0.3) is 0 Å². The number of hydrogen-bond donors (Lipinski definition) is 2. The average molecular weight is 489 g/mol. The molecule has 0 bridgehead atoms. The van der Waals surface area contributed by atoms with E-state index in [-0.39, 0.29) is 21.4 Å². The molecule has 3 aromatic rings. The van der Waals surface area contributed by atoms with Gasteiger partial charge in [-0.2, -0.15) is 11.8 Å². The lowest BCUT2D eigenvalue weighted by molar-refractivity contribution is 0.0956. The van der Waals surface area contributed by atoms with Crippen LogP contribution in [0.5, 0.6) is 0 Å². The van der Waals surface area contributed by atoms with E-state index in [4.69, 9.17) is 11.6 Å². The number of rotatable bonds is 9. The summed E-state index contributed by atoms with van der Waals surface area (Å²) in [5.74, 6) is 1.27. The molecule has 0 aliphatic rings. The molecule has 1 amide bonds. The highest BCUT2D eigenvalue weighted by atomic mass is 35.5. The van der Waals surface area contributed by atoms with Crippen LogP contribution in [0.3, 0.4) is 0 Å². The fourth-order valence-corrected chi connectivity index (χ4v) is 5.36. The number of carbonyl (C=O) groups excluding carboxylic acids is 1. The van der Waals surface area contributed by atoms with Crippen molar-refractivity contribution in [3.8, 4) is 0 Å². The second-order valence-electron chi connectivity index (χ2n) is 7.34. The number of anilines is 1. The van der Waals surface area contributed by atoms with Crippen LogP contribution in [0.15, 0.2) is 71.6 Å².